The minimum atomic E-state index is -0.255. The number of hydrogen-bond donors (Lipinski definition) is 0. The summed E-state index contributed by atoms with van der Waals surface area (Å²) >= 11 is 0. The Hall–Kier alpha value is -1.22. The fourth-order valence-corrected chi connectivity index (χ4v) is 4.81. The zero-order chi connectivity index (χ0) is 14.3. The third-order valence-electron chi connectivity index (χ3n) is 4.38. The summed E-state index contributed by atoms with van der Waals surface area (Å²) < 4.78 is 5.44. The van der Waals surface area contributed by atoms with Crippen molar-refractivity contribution in [1.82, 2.24) is 0 Å². The second-order valence-corrected chi connectivity index (χ2v) is 7.79. The highest BCUT2D eigenvalue weighted by atomic mass is 16.6. The molecular formula is C14H23N3O2. The highest BCUT2D eigenvalue weighted by Gasteiger charge is 2.56. The Kier molecular flexibility index (Phi) is 3.29. The maximum atomic E-state index is 11.8. The van der Waals surface area contributed by atoms with E-state index in [9.17, 15) is 4.79 Å². The van der Waals surface area contributed by atoms with Crippen LogP contribution in [0.2, 0.25) is 0 Å². The molecule has 0 aromatic rings. The van der Waals surface area contributed by atoms with E-state index < -0.39 is 0 Å². The molecule has 0 aromatic carbocycles. The summed E-state index contributed by atoms with van der Waals surface area (Å²) in [7, 11) is 0. The van der Waals surface area contributed by atoms with Crippen molar-refractivity contribution in [2.75, 3.05) is 6.54 Å². The lowest BCUT2D eigenvalue weighted by Crippen LogP contribution is -2.46. The Balaban J connectivity index is 2.32. The number of cyclic esters (lactones) is 1. The summed E-state index contributed by atoms with van der Waals surface area (Å²) in [5, 5.41) is 3.64. The molecule has 1 aliphatic carbocycles. The van der Waals surface area contributed by atoms with Gasteiger partial charge in [0.25, 0.3) is 0 Å². The molecule has 2 aliphatic rings. The molecular weight excluding hydrogens is 242 g/mol. The molecule has 0 aromatic heterocycles. The largest absolute Gasteiger partial charge is 0.462 e. The van der Waals surface area contributed by atoms with Crippen LogP contribution in [0.5, 0.6) is 0 Å². The number of carbonyl (C=O) groups excluding carboxylic acids is 1. The molecule has 0 bridgehead atoms. The lowest BCUT2D eigenvalue weighted by atomic mass is 9.53. The average Bonchev–Trinajstić information content (AvgIpc) is 2.45. The monoisotopic (exact) mass is 265 g/mol. The van der Waals surface area contributed by atoms with Crippen LogP contribution >= 0.6 is 0 Å². The number of rotatable bonds is 2. The lowest BCUT2D eigenvalue weighted by molar-refractivity contribution is -0.141. The molecule has 0 N–H and O–H groups in total. The lowest BCUT2D eigenvalue weighted by Gasteiger charge is -2.51. The van der Waals surface area contributed by atoms with E-state index in [0.29, 0.717) is 6.42 Å². The molecule has 2 fully saturated rings. The molecule has 1 atom stereocenters. The molecule has 2 rings (SSSR count). The number of azide groups is 1. The van der Waals surface area contributed by atoms with Crippen molar-refractivity contribution in [3.8, 4) is 0 Å². The third kappa shape index (κ3) is 2.86. The first-order valence-corrected chi connectivity index (χ1v) is 6.89. The molecule has 0 radical (unpaired) electrons. The first-order chi connectivity index (χ1) is 8.68. The van der Waals surface area contributed by atoms with Gasteiger partial charge in [0.05, 0.1) is 13.0 Å². The van der Waals surface area contributed by atoms with Crippen molar-refractivity contribution in [2.45, 2.75) is 59.5 Å². The molecule has 1 unspecified atom stereocenters. The van der Waals surface area contributed by atoms with Gasteiger partial charge in [0.15, 0.2) is 0 Å². The second-order valence-electron chi connectivity index (χ2n) is 7.79. The van der Waals surface area contributed by atoms with Crippen LogP contribution in [-0.2, 0) is 9.53 Å². The molecule has 1 heterocycles. The number of ether oxygens (including phenoxy) is 1. The Morgan fingerprint density at radius 2 is 1.84 bits per heavy atom. The van der Waals surface area contributed by atoms with E-state index in [1.807, 2.05) is 0 Å². The molecule has 1 aliphatic heterocycles. The van der Waals surface area contributed by atoms with Crippen LogP contribution in [0.15, 0.2) is 5.11 Å². The van der Waals surface area contributed by atoms with E-state index in [1.165, 1.54) is 0 Å². The van der Waals surface area contributed by atoms with Crippen molar-refractivity contribution >= 4 is 5.97 Å². The van der Waals surface area contributed by atoms with Gasteiger partial charge < -0.3 is 4.74 Å². The molecule has 106 valence electrons. The number of carbonyl (C=O) groups is 1. The SMILES string of the molecule is CC1(C)CC(C)(C)CC2(CC(=O)OC2CN=[N+]=[N-])C1. The third-order valence-corrected chi connectivity index (χ3v) is 4.38. The summed E-state index contributed by atoms with van der Waals surface area (Å²) in [6.07, 6.45) is 3.27. The molecule has 5 heteroatoms. The van der Waals surface area contributed by atoms with E-state index in [-0.39, 0.29) is 34.9 Å². The van der Waals surface area contributed by atoms with Gasteiger partial charge in [-0.15, -0.1) is 0 Å². The van der Waals surface area contributed by atoms with Crippen molar-refractivity contribution in [3.63, 3.8) is 0 Å². The summed E-state index contributed by atoms with van der Waals surface area (Å²) in [6.45, 7) is 9.27. The quantitative estimate of drug-likeness (QED) is 0.329. The molecule has 0 amide bonds. The smallest absolute Gasteiger partial charge is 0.306 e. The van der Waals surface area contributed by atoms with Crippen molar-refractivity contribution < 1.29 is 9.53 Å². The van der Waals surface area contributed by atoms with Gasteiger partial charge in [0.2, 0.25) is 0 Å². The number of nitrogens with zero attached hydrogens (tertiary/aromatic N) is 3. The zero-order valence-corrected chi connectivity index (χ0v) is 12.3. The Bertz CT molecular complexity index is 420. The second kappa shape index (κ2) is 4.41. The van der Waals surface area contributed by atoms with Gasteiger partial charge >= 0.3 is 5.97 Å². The van der Waals surface area contributed by atoms with E-state index >= 15 is 0 Å². The van der Waals surface area contributed by atoms with Gasteiger partial charge in [-0.1, -0.05) is 32.8 Å². The fraction of sp³-hybridized carbons (Fsp3) is 0.929. The standard InChI is InChI=1S/C14H23N3O2/c1-12(2)7-13(3,4)9-14(8-12)5-11(18)19-10(14)6-16-17-15/h10H,5-9H2,1-4H3. The van der Waals surface area contributed by atoms with Crippen molar-refractivity contribution in [3.05, 3.63) is 10.4 Å². The Morgan fingerprint density at radius 3 is 2.37 bits per heavy atom. The highest BCUT2D eigenvalue weighted by molar-refractivity contribution is 5.73. The van der Waals surface area contributed by atoms with Gasteiger partial charge in [-0.2, -0.15) is 0 Å². The minimum absolute atomic E-state index is 0.147. The maximum Gasteiger partial charge on any atom is 0.306 e. The molecule has 1 saturated carbocycles. The van der Waals surface area contributed by atoms with Gasteiger partial charge in [0.1, 0.15) is 6.10 Å². The van der Waals surface area contributed by atoms with E-state index in [4.69, 9.17) is 10.3 Å². The molecule has 1 spiro atoms. The first kappa shape index (κ1) is 14.2. The normalized spacial score (nSPS) is 30.7. The van der Waals surface area contributed by atoms with Crippen LogP contribution in [0.4, 0.5) is 0 Å². The van der Waals surface area contributed by atoms with E-state index in [2.05, 4.69) is 37.7 Å². The van der Waals surface area contributed by atoms with E-state index in [0.717, 1.165) is 19.3 Å². The first-order valence-electron chi connectivity index (χ1n) is 6.89. The maximum absolute atomic E-state index is 11.8. The topological polar surface area (TPSA) is 75.1 Å². The van der Waals surface area contributed by atoms with Gasteiger partial charge in [-0.05, 0) is 35.6 Å². The Labute approximate surface area is 114 Å². The van der Waals surface area contributed by atoms with Crippen LogP contribution in [-0.4, -0.2) is 18.6 Å². The van der Waals surface area contributed by atoms with Gasteiger partial charge in [-0.3, -0.25) is 4.79 Å². The molecule has 5 nitrogen and oxygen atoms in total. The molecule has 1 saturated heterocycles. The van der Waals surface area contributed by atoms with Crippen LogP contribution < -0.4 is 0 Å². The van der Waals surface area contributed by atoms with E-state index in [1.54, 1.807) is 0 Å². The summed E-state index contributed by atoms with van der Waals surface area (Å²) in [6, 6.07) is 0. The summed E-state index contributed by atoms with van der Waals surface area (Å²) in [4.78, 5) is 14.6. The van der Waals surface area contributed by atoms with Crippen LogP contribution in [0, 0.1) is 16.2 Å². The fourth-order valence-electron chi connectivity index (χ4n) is 4.81. The minimum Gasteiger partial charge on any atom is -0.462 e. The predicted molar refractivity (Wildman–Crippen MR) is 72.4 cm³/mol. The average molecular weight is 265 g/mol. The number of hydrogen-bond acceptors (Lipinski definition) is 3. The predicted octanol–water partition coefficient (Wildman–Crippen LogP) is 3.83. The van der Waals surface area contributed by atoms with Crippen molar-refractivity contribution in [1.29, 1.82) is 0 Å². The van der Waals surface area contributed by atoms with Crippen molar-refractivity contribution in [2.24, 2.45) is 21.4 Å². The van der Waals surface area contributed by atoms with Crippen LogP contribution in [0.25, 0.3) is 10.4 Å². The summed E-state index contributed by atoms with van der Waals surface area (Å²) in [5.74, 6) is -0.147. The Morgan fingerprint density at radius 1 is 1.26 bits per heavy atom. The zero-order valence-electron chi connectivity index (χ0n) is 12.3. The van der Waals surface area contributed by atoms with Crippen LogP contribution in [0.1, 0.15) is 53.4 Å². The van der Waals surface area contributed by atoms with Gasteiger partial charge in [-0.25, -0.2) is 0 Å². The summed E-state index contributed by atoms with van der Waals surface area (Å²) in [5.41, 5.74) is 8.72. The highest BCUT2D eigenvalue weighted by Crippen LogP contribution is 2.59. The number of esters is 1. The molecule has 19 heavy (non-hydrogen) atoms. The van der Waals surface area contributed by atoms with Crippen LogP contribution in [0.3, 0.4) is 0 Å². The van der Waals surface area contributed by atoms with Gasteiger partial charge in [0, 0.05) is 10.3 Å².